The molecule has 0 bridgehead atoms. The normalized spacial score (nSPS) is 14.2. The van der Waals surface area contributed by atoms with Crippen LogP contribution in [-0.4, -0.2) is 48.0 Å². The summed E-state index contributed by atoms with van der Waals surface area (Å²) in [4.78, 5) is 22.9. The van der Waals surface area contributed by atoms with Gasteiger partial charge in [-0.05, 0) is 79.3 Å². The zero-order valence-electron chi connectivity index (χ0n) is 21.5. The number of nitrogens with zero attached hydrogens (tertiary/aromatic N) is 6. The molecule has 1 aliphatic heterocycles. The second-order valence-corrected chi connectivity index (χ2v) is 9.69. The number of anilines is 2. The Labute approximate surface area is 220 Å². The van der Waals surface area contributed by atoms with Crippen LogP contribution in [0.3, 0.4) is 0 Å². The lowest BCUT2D eigenvalue weighted by atomic mass is 9.90. The fourth-order valence-electron chi connectivity index (χ4n) is 5.22. The Morgan fingerprint density at radius 3 is 2.76 bits per heavy atom. The van der Waals surface area contributed by atoms with E-state index in [1.807, 2.05) is 64.5 Å². The number of benzene rings is 2. The van der Waals surface area contributed by atoms with E-state index in [1.54, 1.807) is 12.7 Å². The van der Waals surface area contributed by atoms with Crippen LogP contribution in [0.1, 0.15) is 29.9 Å². The Balaban J connectivity index is 1.22. The van der Waals surface area contributed by atoms with Crippen molar-refractivity contribution in [3.8, 4) is 11.5 Å². The Kier molecular flexibility index (Phi) is 6.03. The van der Waals surface area contributed by atoms with Gasteiger partial charge in [0.2, 0.25) is 5.91 Å². The molecule has 1 aliphatic rings. The minimum atomic E-state index is -0.00374. The first-order chi connectivity index (χ1) is 18.5. The van der Waals surface area contributed by atoms with Crippen LogP contribution in [0.15, 0.2) is 74.0 Å². The van der Waals surface area contributed by atoms with Crippen molar-refractivity contribution >= 4 is 34.0 Å². The lowest BCUT2D eigenvalue weighted by molar-refractivity contribution is -0.127. The van der Waals surface area contributed by atoms with Gasteiger partial charge in [-0.3, -0.25) is 4.79 Å². The highest BCUT2D eigenvalue weighted by atomic mass is 16.5. The number of nitrogens with one attached hydrogen (secondary N) is 1. The van der Waals surface area contributed by atoms with Crippen molar-refractivity contribution in [2.45, 2.75) is 25.7 Å². The number of aryl methyl sites for hydroxylation is 2. The first-order valence-corrected chi connectivity index (χ1v) is 12.7. The number of ether oxygens (including phenoxy) is 1. The van der Waals surface area contributed by atoms with Crippen LogP contribution in [-0.2, 0) is 11.8 Å². The van der Waals surface area contributed by atoms with Crippen molar-refractivity contribution in [1.82, 2.24) is 29.0 Å². The molecule has 6 rings (SSSR count). The molecular formula is C29H29N7O2. The monoisotopic (exact) mass is 507 g/mol. The van der Waals surface area contributed by atoms with Crippen molar-refractivity contribution in [1.29, 1.82) is 0 Å². The summed E-state index contributed by atoms with van der Waals surface area (Å²) >= 11 is 0. The number of likely N-dealkylation sites (tertiary alicyclic amines) is 1. The molecule has 4 heterocycles. The van der Waals surface area contributed by atoms with Crippen LogP contribution in [0.2, 0.25) is 0 Å². The molecule has 0 unspecified atom stereocenters. The summed E-state index contributed by atoms with van der Waals surface area (Å²) in [6.45, 7) is 7.07. The van der Waals surface area contributed by atoms with E-state index in [4.69, 9.17) is 4.74 Å². The van der Waals surface area contributed by atoms with E-state index in [-0.39, 0.29) is 5.91 Å². The quantitative estimate of drug-likeness (QED) is 0.312. The molecule has 9 nitrogen and oxygen atoms in total. The van der Waals surface area contributed by atoms with Crippen molar-refractivity contribution in [3.63, 3.8) is 0 Å². The van der Waals surface area contributed by atoms with E-state index in [1.165, 1.54) is 11.6 Å². The van der Waals surface area contributed by atoms with Gasteiger partial charge in [0, 0.05) is 38.1 Å². The van der Waals surface area contributed by atoms with Gasteiger partial charge in [0.15, 0.2) is 5.82 Å². The molecule has 1 N–H and O–H groups in total. The maximum Gasteiger partial charge on any atom is 0.245 e. The SMILES string of the molecule is C=CC(=O)N1CCC(c2ccn3ncnc(Nc4ccc(Oc5ccc6c(c5)ncn6C)c(C)c4)c23)CC1. The predicted molar refractivity (Wildman–Crippen MR) is 147 cm³/mol. The highest BCUT2D eigenvalue weighted by Crippen LogP contribution is 2.35. The fourth-order valence-corrected chi connectivity index (χ4v) is 5.22. The summed E-state index contributed by atoms with van der Waals surface area (Å²) in [6.07, 6.45) is 8.50. The molecule has 2 aromatic carbocycles. The largest absolute Gasteiger partial charge is 0.457 e. The molecule has 1 amide bonds. The third kappa shape index (κ3) is 4.36. The number of imidazole rings is 1. The molecule has 0 spiro atoms. The lowest BCUT2D eigenvalue weighted by Gasteiger charge is -2.31. The summed E-state index contributed by atoms with van der Waals surface area (Å²) in [5.41, 5.74) is 6.02. The Hall–Kier alpha value is -4.66. The van der Waals surface area contributed by atoms with Gasteiger partial charge in [-0.2, -0.15) is 5.10 Å². The van der Waals surface area contributed by atoms with Gasteiger partial charge < -0.3 is 19.5 Å². The van der Waals surface area contributed by atoms with E-state index >= 15 is 0 Å². The molecule has 38 heavy (non-hydrogen) atoms. The number of carbonyl (C=O) groups excluding carboxylic acids is 1. The molecular weight excluding hydrogens is 478 g/mol. The van der Waals surface area contributed by atoms with Gasteiger partial charge >= 0.3 is 0 Å². The van der Waals surface area contributed by atoms with Gasteiger partial charge in [0.25, 0.3) is 0 Å². The lowest BCUT2D eigenvalue weighted by Crippen LogP contribution is -2.36. The Bertz CT molecular complexity index is 1660. The molecule has 0 radical (unpaired) electrons. The zero-order valence-corrected chi connectivity index (χ0v) is 21.5. The fraction of sp³-hybridized carbons (Fsp3) is 0.241. The molecule has 0 aliphatic carbocycles. The number of rotatable bonds is 6. The Morgan fingerprint density at radius 2 is 1.97 bits per heavy atom. The number of carbonyl (C=O) groups is 1. The van der Waals surface area contributed by atoms with Crippen LogP contribution >= 0.6 is 0 Å². The number of hydrogen-bond donors (Lipinski definition) is 1. The zero-order chi connectivity index (χ0) is 26.2. The van der Waals surface area contributed by atoms with Crippen LogP contribution < -0.4 is 10.1 Å². The molecule has 1 fully saturated rings. The van der Waals surface area contributed by atoms with Crippen LogP contribution in [0.5, 0.6) is 11.5 Å². The number of hydrogen-bond acceptors (Lipinski definition) is 6. The number of fused-ring (bicyclic) bond motifs is 2. The topological polar surface area (TPSA) is 89.6 Å². The van der Waals surface area contributed by atoms with Crippen molar-refractivity contribution in [2.75, 3.05) is 18.4 Å². The van der Waals surface area contributed by atoms with Gasteiger partial charge in [-0.15, -0.1) is 0 Å². The second kappa shape index (κ2) is 9.66. The van der Waals surface area contributed by atoms with Crippen LogP contribution in [0.25, 0.3) is 16.6 Å². The summed E-state index contributed by atoms with van der Waals surface area (Å²) in [5.74, 6) is 2.60. The molecule has 192 valence electrons. The third-order valence-corrected chi connectivity index (χ3v) is 7.27. The van der Waals surface area contributed by atoms with E-state index in [9.17, 15) is 4.79 Å². The smallest absolute Gasteiger partial charge is 0.245 e. The van der Waals surface area contributed by atoms with Gasteiger partial charge in [-0.25, -0.2) is 14.5 Å². The molecule has 0 atom stereocenters. The third-order valence-electron chi connectivity index (χ3n) is 7.27. The maximum absolute atomic E-state index is 12.0. The standard InChI is InChI=1S/C29H29N7O2/c1-4-27(37)35-12-9-20(10-13-35)23-11-14-36-28(23)29(30-17-32-36)33-21-5-8-26(19(2)15-21)38-22-6-7-25-24(16-22)31-18-34(25)3/h4-8,11,14-18,20H,1,9-10,12-13H2,2-3H3,(H,30,32,33). The number of piperidine rings is 1. The molecule has 5 aromatic rings. The van der Waals surface area contributed by atoms with Crippen molar-refractivity contribution in [3.05, 3.63) is 85.1 Å². The maximum atomic E-state index is 12.0. The molecule has 1 saturated heterocycles. The minimum Gasteiger partial charge on any atom is -0.457 e. The van der Waals surface area contributed by atoms with E-state index in [0.717, 1.165) is 71.0 Å². The first-order valence-electron chi connectivity index (χ1n) is 12.7. The summed E-state index contributed by atoms with van der Waals surface area (Å²) in [7, 11) is 1.98. The van der Waals surface area contributed by atoms with E-state index in [0.29, 0.717) is 5.92 Å². The van der Waals surface area contributed by atoms with Crippen molar-refractivity contribution in [2.24, 2.45) is 7.05 Å². The summed E-state index contributed by atoms with van der Waals surface area (Å²) in [5, 5.41) is 7.91. The van der Waals surface area contributed by atoms with E-state index < -0.39 is 0 Å². The first kappa shape index (κ1) is 23.7. The van der Waals surface area contributed by atoms with E-state index in [2.05, 4.69) is 39.1 Å². The van der Waals surface area contributed by atoms with Gasteiger partial charge in [-0.1, -0.05) is 6.58 Å². The predicted octanol–water partition coefficient (Wildman–Crippen LogP) is 5.35. The highest BCUT2D eigenvalue weighted by molar-refractivity contribution is 5.87. The van der Waals surface area contributed by atoms with Gasteiger partial charge in [0.05, 0.1) is 17.4 Å². The summed E-state index contributed by atoms with van der Waals surface area (Å²) in [6, 6.07) is 14.0. The average Bonchev–Trinajstić information content (AvgIpc) is 3.54. The average molecular weight is 508 g/mol. The molecule has 9 heteroatoms. The molecule has 3 aromatic heterocycles. The Morgan fingerprint density at radius 1 is 1.13 bits per heavy atom. The number of amides is 1. The highest BCUT2D eigenvalue weighted by Gasteiger charge is 2.25. The van der Waals surface area contributed by atoms with Gasteiger partial charge in [0.1, 0.15) is 23.3 Å². The van der Waals surface area contributed by atoms with Crippen molar-refractivity contribution < 1.29 is 9.53 Å². The second-order valence-electron chi connectivity index (χ2n) is 9.69. The minimum absolute atomic E-state index is 0.00374. The van der Waals surface area contributed by atoms with Crippen LogP contribution in [0.4, 0.5) is 11.5 Å². The number of aromatic nitrogens is 5. The molecule has 0 saturated carbocycles. The van der Waals surface area contributed by atoms with Crippen LogP contribution in [0, 0.1) is 6.92 Å². The summed E-state index contributed by atoms with van der Waals surface area (Å²) < 4.78 is 10.0.